The van der Waals surface area contributed by atoms with Gasteiger partial charge in [0.25, 0.3) is 0 Å². The summed E-state index contributed by atoms with van der Waals surface area (Å²) in [5.41, 5.74) is 11.7. The van der Waals surface area contributed by atoms with Gasteiger partial charge in [-0.1, -0.05) is 166 Å². The average molecular weight is 731 g/mol. The summed E-state index contributed by atoms with van der Waals surface area (Å²) in [5, 5.41) is 5.86. The van der Waals surface area contributed by atoms with Crippen LogP contribution in [-0.4, -0.2) is 19.9 Å². The molecule has 0 aliphatic rings. The van der Waals surface area contributed by atoms with Crippen molar-refractivity contribution in [2.24, 2.45) is 0 Å². The van der Waals surface area contributed by atoms with Gasteiger partial charge in [-0.05, 0) is 86.3 Å². The molecule has 270 valence electrons. The van der Waals surface area contributed by atoms with Crippen LogP contribution in [0.1, 0.15) is 25.3 Å². The van der Waals surface area contributed by atoms with Gasteiger partial charge in [-0.3, -0.25) is 0 Å². The first-order chi connectivity index (χ1) is 28.0. The quantitative estimate of drug-likeness (QED) is 0.153. The fourth-order valence-corrected chi connectivity index (χ4v) is 7.80. The second-order valence-corrected chi connectivity index (χ2v) is 14.9. The van der Waals surface area contributed by atoms with E-state index in [-0.39, 0.29) is 0 Å². The van der Waals surface area contributed by atoms with Crippen molar-refractivity contribution in [2.45, 2.75) is 19.8 Å². The monoisotopic (exact) mass is 730 g/mol. The largest absolute Gasteiger partial charge is 0.247 e. The van der Waals surface area contributed by atoms with Crippen molar-refractivity contribution in [1.82, 2.24) is 19.9 Å². The molecule has 0 N–H and O–H groups in total. The Hall–Kier alpha value is -7.30. The van der Waals surface area contributed by atoms with Crippen LogP contribution >= 0.6 is 0 Å². The van der Waals surface area contributed by atoms with E-state index in [9.17, 15) is 0 Å². The van der Waals surface area contributed by atoms with Gasteiger partial charge in [-0.2, -0.15) is 0 Å². The van der Waals surface area contributed by atoms with Gasteiger partial charge in [-0.15, -0.1) is 0 Å². The zero-order valence-electron chi connectivity index (χ0n) is 31.8. The molecular formula is C53H38N4. The number of rotatable bonds is 7. The Balaban J connectivity index is 1.12. The van der Waals surface area contributed by atoms with Gasteiger partial charge in [-0.25, -0.2) is 19.9 Å². The average Bonchev–Trinajstić information content (AvgIpc) is 3.28. The van der Waals surface area contributed by atoms with Gasteiger partial charge in [0.1, 0.15) is 0 Å². The summed E-state index contributed by atoms with van der Waals surface area (Å²) in [6.45, 7) is 4.47. The Morgan fingerprint density at radius 3 is 1.46 bits per heavy atom. The molecule has 0 atom stereocenters. The number of para-hydroxylation sites is 1. The number of pyridine rings is 1. The Morgan fingerprint density at radius 2 is 0.807 bits per heavy atom. The van der Waals surface area contributed by atoms with Crippen molar-refractivity contribution in [2.75, 3.05) is 0 Å². The minimum Gasteiger partial charge on any atom is -0.247 e. The molecular weight excluding hydrogens is 693 g/mol. The third kappa shape index (κ3) is 6.62. The molecule has 0 saturated carbocycles. The van der Waals surface area contributed by atoms with Crippen LogP contribution in [-0.2, 0) is 0 Å². The van der Waals surface area contributed by atoms with E-state index in [1.165, 1.54) is 16.3 Å². The zero-order valence-corrected chi connectivity index (χ0v) is 31.8. The molecule has 2 heterocycles. The van der Waals surface area contributed by atoms with Crippen LogP contribution in [0.4, 0.5) is 0 Å². The maximum absolute atomic E-state index is 5.17. The van der Waals surface area contributed by atoms with Crippen LogP contribution in [0.2, 0.25) is 0 Å². The van der Waals surface area contributed by atoms with Crippen LogP contribution in [0.5, 0.6) is 0 Å². The molecule has 4 nitrogen and oxygen atoms in total. The summed E-state index contributed by atoms with van der Waals surface area (Å²) >= 11 is 0. The molecule has 0 bridgehead atoms. The van der Waals surface area contributed by atoms with E-state index in [2.05, 4.69) is 141 Å². The Kier molecular flexibility index (Phi) is 8.65. The lowest BCUT2D eigenvalue weighted by Crippen LogP contribution is -2.00. The highest BCUT2D eigenvalue weighted by Crippen LogP contribution is 2.37. The van der Waals surface area contributed by atoms with Gasteiger partial charge in [0.15, 0.2) is 17.5 Å². The SMILES string of the molecule is CC(C)c1cccc(-c2cc(-c3ccc4cc(-c5nc6ccccc6c6ccccc56)ccc4c3)cc(-c3nc(-c4ccccc4)nc(-c4ccccc4)n3)c2)c1. The first-order valence-corrected chi connectivity index (χ1v) is 19.5. The van der Waals surface area contributed by atoms with Crippen LogP contribution in [0, 0.1) is 0 Å². The molecule has 57 heavy (non-hydrogen) atoms. The fraction of sp³-hybridized carbons (Fsp3) is 0.0566. The van der Waals surface area contributed by atoms with Crippen molar-refractivity contribution >= 4 is 32.4 Å². The Labute approximate surface area is 332 Å². The van der Waals surface area contributed by atoms with E-state index < -0.39 is 0 Å². The van der Waals surface area contributed by atoms with E-state index in [1.54, 1.807) is 0 Å². The maximum Gasteiger partial charge on any atom is 0.164 e. The standard InChI is InChI=1S/C53H38N4/c1-34(2)37-18-13-19-38(28-37)43-31-44(33-45(32-43)53-56-51(35-14-5-3-6-15-35)55-52(57-53)36-16-7-4-8-17-36)41-25-24-40-30-42(27-26-39(40)29-41)50-48-22-10-9-20-46(48)47-21-11-12-23-49(47)54-50/h3-34H,1-2H3. The third-order valence-corrected chi connectivity index (χ3v) is 10.8. The van der Waals surface area contributed by atoms with Gasteiger partial charge in [0.05, 0.1) is 11.2 Å². The first kappa shape index (κ1) is 34.2. The van der Waals surface area contributed by atoms with E-state index in [0.29, 0.717) is 23.4 Å². The van der Waals surface area contributed by atoms with Crippen molar-refractivity contribution in [1.29, 1.82) is 0 Å². The van der Waals surface area contributed by atoms with Gasteiger partial charge >= 0.3 is 0 Å². The lowest BCUT2D eigenvalue weighted by molar-refractivity contribution is 0.867. The summed E-state index contributed by atoms with van der Waals surface area (Å²) in [6, 6.07) is 66.3. The lowest BCUT2D eigenvalue weighted by atomic mass is 9.92. The normalized spacial score (nSPS) is 11.5. The number of hydrogen-bond donors (Lipinski definition) is 0. The second-order valence-electron chi connectivity index (χ2n) is 14.9. The van der Waals surface area contributed by atoms with Gasteiger partial charge in [0, 0.05) is 33.0 Å². The summed E-state index contributed by atoms with van der Waals surface area (Å²) in [7, 11) is 0. The molecule has 0 saturated heterocycles. The highest BCUT2D eigenvalue weighted by Gasteiger charge is 2.16. The van der Waals surface area contributed by atoms with Crippen LogP contribution in [0.15, 0.2) is 188 Å². The predicted molar refractivity (Wildman–Crippen MR) is 237 cm³/mol. The molecule has 0 amide bonds. The van der Waals surface area contributed by atoms with E-state index >= 15 is 0 Å². The highest BCUT2D eigenvalue weighted by molar-refractivity contribution is 6.11. The molecule has 2 aromatic heterocycles. The Morgan fingerprint density at radius 1 is 0.316 bits per heavy atom. The molecule has 4 heteroatoms. The van der Waals surface area contributed by atoms with E-state index in [0.717, 1.165) is 71.9 Å². The van der Waals surface area contributed by atoms with E-state index in [4.69, 9.17) is 19.9 Å². The topological polar surface area (TPSA) is 51.6 Å². The summed E-state index contributed by atoms with van der Waals surface area (Å²) in [6.07, 6.45) is 0. The van der Waals surface area contributed by atoms with Crippen molar-refractivity contribution in [3.8, 4) is 67.7 Å². The zero-order chi connectivity index (χ0) is 38.3. The smallest absolute Gasteiger partial charge is 0.164 e. The van der Waals surface area contributed by atoms with E-state index in [1.807, 2.05) is 60.7 Å². The van der Waals surface area contributed by atoms with Gasteiger partial charge in [0.2, 0.25) is 0 Å². The summed E-state index contributed by atoms with van der Waals surface area (Å²) < 4.78 is 0. The highest BCUT2D eigenvalue weighted by atomic mass is 15.0. The molecule has 0 fully saturated rings. The molecule has 10 aromatic rings. The molecule has 0 aliphatic carbocycles. The molecule has 0 spiro atoms. The maximum atomic E-state index is 5.17. The van der Waals surface area contributed by atoms with Crippen molar-refractivity contribution < 1.29 is 0 Å². The Bertz CT molecular complexity index is 3040. The summed E-state index contributed by atoms with van der Waals surface area (Å²) in [4.78, 5) is 20.4. The first-order valence-electron chi connectivity index (χ1n) is 19.5. The molecule has 0 aliphatic heterocycles. The van der Waals surface area contributed by atoms with Crippen molar-refractivity contribution in [3.05, 3.63) is 194 Å². The molecule has 8 aromatic carbocycles. The second kappa shape index (κ2) is 14.4. The van der Waals surface area contributed by atoms with Crippen LogP contribution < -0.4 is 0 Å². The minimum absolute atomic E-state index is 0.408. The fourth-order valence-electron chi connectivity index (χ4n) is 7.80. The molecule has 0 unspecified atom stereocenters. The number of aromatic nitrogens is 4. The number of hydrogen-bond acceptors (Lipinski definition) is 4. The minimum atomic E-state index is 0.408. The van der Waals surface area contributed by atoms with Crippen LogP contribution in [0.25, 0.3) is 100 Å². The number of fused-ring (bicyclic) bond motifs is 4. The lowest BCUT2D eigenvalue weighted by Gasteiger charge is -2.14. The summed E-state index contributed by atoms with van der Waals surface area (Å²) in [5.74, 6) is 2.32. The molecule has 10 rings (SSSR count). The molecule has 0 radical (unpaired) electrons. The van der Waals surface area contributed by atoms with Crippen LogP contribution in [0.3, 0.4) is 0 Å². The van der Waals surface area contributed by atoms with Gasteiger partial charge < -0.3 is 0 Å². The number of nitrogens with zero attached hydrogens (tertiary/aromatic N) is 4. The van der Waals surface area contributed by atoms with Crippen molar-refractivity contribution in [3.63, 3.8) is 0 Å². The predicted octanol–water partition coefficient (Wildman–Crippen LogP) is 13.9. The third-order valence-electron chi connectivity index (χ3n) is 10.8. The number of benzene rings is 8.